The van der Waals surface area contributed by atoms with E-state index in [-0.39, 0.29) is 5.54 Å². The van der Waals surface area contributed by atoms with Gasteiger partial charge in [0.25, 0.3) is 0 Å². The smallest absolute Gasteiger partial charge is 0.110 e. The Balaban J connectivity index is 2.11. The van der Waals surface area contributed by atoms with Gasteiger partial charge < -0.3 is 0 Å². The van der Waals surface area contributed by atoms with Gasteiger partial charge in [0.05, 0.1) is 6.07 Å². The zero-order valence-corrected chi connectivity index (χ0v) is 10.4. The Labute approximate surface area is 103 Å². The summed E-state index contributed by atoms with van der Waals surface area (Å²) in [5.74, 6) is 0. The van der Waals surface area contributed by atoms with Crippen LogP contribution in [-0.4, -0.2) is 28.5 Å². The second kappa shape index (κ2) is 5.29. The Hall–Kier alpha value is -1.40. The van der Waals surface area contributed by atoms with Crippen molar-refractivity contribution in [1.29, 1.82) is 5.26 Å². The summed E-state index contributed by atoms with van der Waals surface area (Å²) in [7, 11) is 0. The summed E-state index contributed by atoms with van der Waals surface area (Å²) in [6.07, 6.45) is 8.12. The van der Waals surface area contributed by atoms with Crippen molar-refractivity contribution in [2.45, 2.75) is 38.1 Å². The van der Waals surface area contributed by atoms with Crippen LogP contribution in [0.4, 0.5) is 0 Å². The summed E-state index contributed by atoms with van der Waals surface area (Å²) in [6, 6.07) is 6.48. The number of aromatic nitrogens is 1. The van der Waals surface area contributed by atoms with Crippen LogP contribution in [0.5, 0.6) is 0 Å². The van der Waals surface area contributed by atoms with Crippen LogP contribution in [0.3, 0.4) is 0 Å². The highest BCUT2D eigenvalue weighted by Gasteiger charge is 2.32. The molecular weight excluding hydrogens is 210 g/mol. The standard InChI is InChI=1S/C14H19N3/c1-14(12-15,17-8-3-2-4-9-17)10-13-6-5-7-16-11-13/h5-7,11H,2-4,8-10H2,1H3. The molecule has 2 rings (SSSR count). The fourth-order valence-electron chi connectivity index (χ4n) is 2.51. The van der Waals surface area contributed by atoms with E-state index in [1.165, 1.54) is 19.3 Å². The lowest BCUT2D eigenvalue weighted by Crippen LogP contribution is -2.49. The summed E-state index contributed by atoms with van der Waals surface area (Å²) in [5.41, 5.74) is 0.755. The molecule has 0 N–H and O–H groups in total. The lowest BCUT2D eigenvalue weighted by atomic mass is 9.91. The third-order valence-electron chi connectivity index (χ3n) is 3.57. The highest BCUT2D eigenvalue weighted by atomic mass is 15.2. The minimum Gasteiger partial charge on any atom is -0.285 e. The Morgan fingerprint density at radius 1 is 1.41 bits per heavy atom. The van der Waals surface area contributed by atoms with E-state index in [1.807, 2.05) is 25.3 Å². The van der Waals surface area contributed by atoms with Gasteiger partial charge in [0.15, 0.2) is 0 Å². The molecule has 1 aliphatic heterocycles. The fraction of sp³-hybridized carbons (Fsp3) is 0.571. The van der Waals surface area contributed by atoms with Gasteiger partial charge in [-0.05, 0) is 44.5 Å². The van der Waals surface area contributed by atoms with Crippen LogP contribution in [0.25, 0.3) is 0 Å². The quantitative estimate of drug-likeness (QED) is 0.799. The molecule has 1 atom stereocenters. The SMILES string of the molecule is CC(C#N)(Cc1cccnc1)N1CCCCC1. The van der Waals surface area contributed by atoms with Gasteiger partial charge in [0.1, 0.15) is 5.54 Å². The molecule has 1 unspecified atom stereocenters. The van der Waals surface area contributed by atoms with E-state index in [4.69, 9.17) is 0 Å². The normalized spacial score (nSPS) is 20.5. The van der Waals surface area contributed by atoms with E-state index in [2.05, 4.69) is 16.0 Å². The molecule has 0 amide bonds. The number of pyridine rings is 1. The Morgan fingerprint density at radius 3 is 2.76 bits per heavy atom. The van der Waals surface area contributed by atoms with Gasteiger partial charge in [-0.15, -0.1) is 0 Å². The highest BCUT2D eigenvalue weighted by molar-refractivity contribution is 5.18. The summed E-state index contributed by atoms with van der Waals surface area (Å²) in [6.45, 7) is 4.14. The van der Waals surface area contributed by atoms with E-state index in [0.29, 0.717) is 0 Å². The van der Waals surface area contributed by atoms with Gasteiger partial charge in [-0.25, -0.2) is 0 Å². The van der Waals surface area contributed by atoms with E-state index in [1.54, 1.807) is 6.20 Å². The first-order chi connectivity index (χ1) is 8.24. The van der Waals surface area contributed by atoms with E-state index < -0.39 is 0 Å². The molecule has 0 aliphatic carbocycles. The summed E-state index contributed by atoms with van der Waals surface area (Å²) in [4.78, 5) is 6.44. The molecule has 3 heteroatoms. The molecule has 1 aromatic rings. The molecule has 3 nitrogen and oxygen atoms in total. The van der Waals surface area contributed by atoms with Crippen molar-refractivity contribution >= 4 is 0 Å². The van der Waals surface area contributed by atoms with Crippen molar-refractivity contribution in [1.82, 2.24) is 9.88 Å². The monoisotopic (exact) mass is 229 g/mol. The van der Waals surface area contributed by atoms with E-state index in [0.717, 1.165) is 25.1 Å². The third kappa shape index (κ3) is 2.83. The van der Waals surface area contributed by atoms with E-state index >= 15 is 0 Å². The first-order valence-electron chi connectivity index (χ1n) is 6.30. The van der Waals surface area contributed by atoms with Crippen molar-refractivity contribution in [3.8, 4) is 6.07 Å². The van der Waals surface area contributed by atoms with Crippen molar-refractivity contribution < 1.29 is 0 Å². The maximum Gasteiger partial charge on any atom is 0.110 e. The largest absolute Gasteiger partial charge is 0.285 e. The van der Waals surface area contributed by atoms with Crippen LogP contribution in [0.15, 0.2) is 24.5 Å². The predicted octanol–water partition coefficient (Wildman–Crippen LogP) is 2.39. The average molecular weight is 229 g/mol. The van der Waals surface area contributed by atoms with Crippen LogP contribution >= 0.6 is 0 Å². The maximum absolute atomic E-state index is 9.49. The second-order valence-corrected chi connectivity index (χ2v) is 4.97. The summed E-state index contributed by atoms with van der Waals surface area (Å²) >= 11 is 0. The molecule has 0 spiro atoms. The molecule has 0 aromatic carbocycles. The van der Waals surface area contributed by atoms with Crippen molar-refractivity contribution in [2.75, 3.05) is 13.1 Å². The minimum absolute atomic E-state index is 0.385. The van der Waals surface area contributed by atoms with Gasteiger partial charge in [-0.2, -0.15) is 5.26 Å². The molecule has 0 saturated carbocycles. The molecule has 1 aliphatic rings. The van der Waals surface area contributed by atoms with E-state index in [9.17, 15) is 5.26 Å². The molecule has 1 saturated heterocycles. The van der Waals surface area contributed by atoms with Gasteiger partial charge >= 0.3 is 0 Å². The molecule has 1 fully saturated rings. The first kappa shape index (κ1) is 12.1. The van der Waals surface area contributed by atoms with Crippen LogP contribution in [0.1, 0.15) is 31.7 Å². The lowest BCUT2D eigenvalue weighted by Gasteiger charge is -2.38. The van der Waals surface area contributed by atoms with Crippen molar-refractivity contribution in [3.63, 3.8) is 0 Å². The Kier molecular flexibility index (Phi) is 3.75. The van der Waals surface area contributed by atoms with Crippen LogP contribution < -0.4 is 0 Å². The summed E-state index contributed by atoms with van der Waals surface area (Å²) < 4.78 is 0. The fourth-order valence-corrected chi connectivity index (χ4v) is 2.51. The predicted molar refractivity (Wildman–Crippen MR) is 67.4 cm³/mol. The molecule has 2 heterocycles. The first-order valence-corrected chi connectivity index (χ1v) is 6.30. The zero-order valence-electron chi connectivity index (χ0n) is 10.4. The topological polar surface area (TPSA) is 39.9 Å². The van der Waals surface area contributed by atoms with Gasteiger partial charge in [-0.1, -0.05) is 12.5 Å². The number of hydrogen-bond acceptors (Lipinski definition) is 3. The van der Waals surface area contributed by atoms with Gasteiger partial charge in [0, 0.05) is 18.8 Å². The van der Waals surface area contributed by atoms with Crippen molar-refractivity contribution in [3.05, 3.63) is 30.1 Å². The highest BCUT2D eigenvalue weighted by Crippen LogP contribution is 2.24. The average Bonchev–Trinajstić information content (AvgIpc) is 2.41. The van der Waals surface area contributed by atoms with Gasteiger partial charge in [0.2, 0.25) is 0 Å². The number of hydrogen-bond donors (Lipinski definition) is 0. The Morgan fingerprint density at radius 2 is 2.18 bits per heavy atom. The van der Waals surface area contributed by atoms with Crippen LogP contribution in [0, 0.1) is 11.3 Å². The van der Waals surface area contributed by atoms with Crippen LogP contribution in [0.2, 0.25) is 0 Å². The zero-order chi connectivity index (χ0) is 12.1. The Bertz CT molecular complexity index is 390. The second-order valence-electron chi connectivity index (χ2n) is 4.97. The molecule has 17 heavy (non-hydrogen) atoms. The minimum atomic E-state index is -0.385. The number of likely N-dealkylation sites (tertiary alicyclic amines) is 1. The molecule has 1 aromatic heterocycles. The third-order valence-corrected chi connectivity index (χ3v) is 3.57. The number of rotatable bonds is 3. The molecule has 0 bridgehead atoms. The number of piperidine rings is 1. The van der Waals surface area contributed by atoms with Gasteiger partial charge in [-0.3, -0.25) is 9.88 Å². The molecular formula is C14H19N3. The van der Waals surface area contributed by atoms with Crippen LogP contribution in [-0.2, 0) is 6.42 Å². The number of nitrogens with zero attached hydrogens (tertiary/aromatic N) is 3. The summed E-state index contributed by atoms with van der Waals surface area (Å²) in [5, 5.41) is 9.49. The maximum atomic E-state index is 9.49. The molecule has 0 radical (unpaired) electrons. The number of nitriles is 1. The van der Waals surface area contributed by atoms with Crippen molar-refractivity contribution in [2.24, 2.45) is 0 Å². The molecule has 90 valence electrons. The lowest BCUT2D eigenvalue weighted by molar-refractivity contribution is 0.124.